The summed E-state index contributed by atoms with van der Waals surface area (Å²) in [6, 6.07) is 7.46. The molecule has 19 heavy (non-hydrogen) atoms. The average molecular weight is 280 g/mol. The van der Waals surface area contributed by atoms with Crippen molar-refractivity contribution >= 4 is 27.7 Å². The SMILES string of the molecule is CCNC(=O)OC(C)Cn1sc2ccccc2c1=O. The van der Waals surface area contributed by atoms with Crippen LogP contribution in [0.5, 0.6) is 0 Å². The van der Waals surface area contributed by atoms with Gasteiger partial charge in [0.15, 0.2) is 0 Å². The van der Waals surface area contributed by atoms with Gasteiger partial charge in [0, 0.05) is 6.54 Å². The van der Waals surface area contributed by atoms with Crippen LogP contribution in [0.1, 0.15) is 13.8 Å². The van der Waals surface area contributed by atoms with Crippen LogP contribution in [-0.2, 0) is 11.3 Å². The van der Waals surface area contributed by atoms with Crippen LogP contribution in [0.15, 0.2) is 29.1 Å². The highest BCUT2D eigenvalue weighted by Crippen LogP contribution is 2.16. The molecule has 0 saturated heterocycles. The predicted octanol–water partition coefficient (Wildman–Crippen LogP) is 2.20. The number of hydrogen-bond donors (Lipinski definition) is 1. The Morgan fingerprint density at radius 3 is 2.89 bits per heavy atom. The lowest BCUT2D eigenvalue weighted by atomic mass is 10.3. The van der Waals surface area contributed by atoms with E-state index >= 15 is 0 Å². The van der Waals surface area contributed by atoms with Gasteiger partial charge in [-0.15, -0.1) is 0 Å². The molecule has 0 aliphatic carbocycles. The highest BCUT2D eigenvalue weighted by atomic mass is 32.1. The first kappa shape index (κ1) is 13.6. The normalized spacial score (nSPS) is 12.3. The molecule has 0 aliphatic rings. The van der Waals surface area contributed by atoms with E-state index in [0.29, 0.717) is 18.5 Å². The molecule has 6 heteroatoms. The topological polar surface area (TPSA) is 60.3 Å². The number of hydrogen-bond acceptors (Lipinski definition) is 4. The van der Waals surface area contributed by atoms with Crippen LogP contribution in [0.2, 0.25) is 0 Å². The maximum Gasteiger partial charge on any atom is 0.407 e. The van der Waals surface area contributed by atoms with Crippen molar-refractivity contribution in [3.63, 3.8) is 0 Å². The molecular formula is C13H16N2O3S. The van der Waals surface area contributed by atoms with Gasteiger partial charge in [0.2, 0.25) is 0 Å². The summed E-state index contributed by atoms with van der Waals surface area (Å²) < 4.78 is 7.70. The third kappa shape index (κ3) is 3.14. The zero-order chi connectivity index (χ0) is 13.8. The monoisotopic (exact) mass is 280 g/mol. The number of aromatic nitrogens is 1. The molecule has 2 aromatic rings. The summed E-state index contributed by atoms with van der Waals surface area (Å²) in [5.74, 6) is 0. The maximum absolute atomic E-state index is 12.1. The lowest BCUT2D eigenvalue weighted by molar-refractivity contribution is 0.0991. The van der Waals surface area contributed by atoms with E-state index in [1.54, 1.807) is 16.9 Å². The van der Waals surface area contributed by atoms with Gasteiger partial charge in [0.1, 0.15) is 6.10 Å². The first-order valence-corrected chi connectivity index (χ1v) is 6.92. The van der Waals surface area contributed by atoms with E-state index in [9.17, 15) is 9.59 Å². The van der Waals surface area contributed by atoms with E-state index < -0.39 is 6.09 Å². The van der Waals surface area contributed by atoms with E-state index in [-0.39, 0.29) is 11.7 Å². The quantitative estimate of drug-likeness (QED) is 0.934. The van der Waals surface area contributed by atoms with Crippen molar-refractivity contribution in [2.75, 3.05) is 6.54 Å². The van der Waals surface area contributed by atoms with E-state index in [4.69, 9.17) is 4.74 Å². The van der Waals surface area contributed by atoms with Gasteiger partial charge in [-0.25, -0.2) is 4.79 Å². The Morgan fingerprint density at radius 1 is 1.47 bits per heavy atom. The van der Waals surface area contributed by atoms with Crippen molar-refractivity contribution in [3.8, 4) is 0 Å². The van der Waals surface area contributed by atoms with Crippen LogP contribution in [0.4, 0.5) is 4.79 Å². The minimum atomic E-state index is -0.454. The smallest absolute Gasteiger partial charge is 0.407 e. The summed E-state index contributed by atoms with van der Waals surface area (Å²) in [6.07, 6.45) is -0.804. The van der Waals surface area contributed by atoms with Crippen molar-refractivity contribution in [1.82, 2.24) is 9.27 Å². The Kier molecular flexibility index (Phi) is 4.21. The van der Waals surface area contributed by atoms with Crippen molar-refractivity contribution in [3.05, 3.63) is 34.6 Å². The summed E-state index contributed by atoms with van der Waals surface area (Å²) >= 11 is 1.39. The van der Waals surface area contributed by atoms with Crippen LogP contribution in [0, 0.1) is 0 Å². The van der Waals surface area contributed by atoms with Gasteiger partial charge in [-0.05, 0) is 26.0 Å². The Bertz CT molecular complexity index is 632. The molecule has 5 nitrogen and oxygen atoms in total. The zero-order valence-corrected chi connectivity index (χ0v) is 11.7. The number of ether oxygens (including phenoxy) is 1. The molecule has 1 unspecified atom stereocenters. The summed E-state index contributed by atoms with van der Waals surface area (Å²) in [7, 11) is 0. The fourth-order valence-corrected chi connectivity index (χ4v) is 2.87. The highest BCUT2D eigenvalue weighted by molar-refractivity contribution is 7.13. The molecule has 0 saturated carbocycles. The minimum Gasteiger partial charge on any atom is -0.445 e. The van der Waals surface area contributed by atoms with Crippen molar-refractivity contribution < 1.29 is 9.53 Å². The Hall–Kier alpha value is -1.82. The van der Waals surface area contributed by atoms with Gasteiger partial charge in [0.25, 0.3) is 5.56 Å². The summed E-state index contributed by atoms with van der Waals surface area (Å²) in [5, 5.41) is 3.26. The molecule has 1 heterocycles. The van der Waals surface area contributed by atoms with E-state index in [1.807, 2.05) is 25.1 Å². The molecule has 102 valence electrons. The lowest BCUT2D eigenvalue weighted by Gasteiger charge is -2.12. The van der Waals surface area contributed by atoms with Crippen LogP contribution in [-0.4, -0.2) is 22.7 Å². The van der Waals surface area contributed by atoms with Gasteiger partial charge >= 0.3 is 6.09 Å². The van der Waals surface area contributed by atoms with Crippen LogP contribution in [0.3, 0.4) is 0 Å². The second kappa shape index (κ2) is 5.88. The van der Waals surface area contributed by atoms with E-state index in [0.717, 1.165) is 4.70 Å². The molecule has 1 atom stereocenters. The number of alkyl carbamates (subject to hydrolysis) is 1. The highest BCUT2D eigenvalue weighted by Gasteiger charge is 2.13. The summed E-state index contributed by atoms with van der Waals surface area (Å²) in [4.78, 5) is 23.4. The number of nitrogens with zero attached hydrogens (tertiary/aromatic N) is 1. The van der Waals surface area contributed by atoms with Crippen molar-refractivity contribution in [1.29, 1.82) is 0 Å². The van der Waals surface area contributed by atoms with Gasteiger partial charge < -0.3 is 10.1 Å². The summed E-state index contributed by atoms with van der Waals surface area (Å²) in [6.45, 7) is 4.48. The molecule has 0 bridgehead atoms. The number of benzene rings is 1. The van der Waals surface area contributed by atoms with E-state index in [2.05, 4.69) is 5.32 Å². The number of amides is 1. The second-order valence-electron chi connectivity index (χ2n) is 4.20. The maximum atomic E-state index is 12.1. The molecular weight excluding hydrogens is 264 g/mol. The van der Waals surface area contributed by atoms with Gasteiger partial charge in [-0.3, -0.25) is 8.75 Å². The van der Waals surface area contributed by atoms with Gasteiger partial charge in [-0.2, -0.15) is 0 Å². The van der Waals surface area contributed by atoms with Crippen LogP contribution in [0.25, 0.3) is 10.1 Å². The second-order valence-corrected chi connectivity index (χ2v) is 5.26. The molecule has 1 N–H and O–H groups in total. The lowest BCUT2D eigenvalue weighted by Crippen LogP contribution is -2.30. The standard InChI is InChI=1S/C13H16N2O3S/c1-3-14-13(17)18-9(2)8-15-12(16)10-6-4-5-7-11(10)19-15/h4-7,9H,3,8H2,1-2H3,(H,14,17). The fraction of sp³-hybridized carbons (Fsp3) is 0.385. The number of nitrogens with one attached hydrogen (secondary N) is 1. The number of carbonyl (C=O) groups is 1. The molecule has 2 rings (SSSR count). The molecule has 1 aromatic carbocycles. The Balaban J connectivity index is 2.11. The van der Waals surface area contributed by atoms with Crippen molar-refractivity contribution in [2.45, 2.75) is 26.5 Å². The largest absolute Gasteiger partial charge is 0.445 e. The summed E-state index contributed by atoms with van der Waals surface area (Å²) in [5.41, 5.74) is -0.0352. The van der Waals surface area contributed by atoms with E-state index in [1.165, 1.54) is 11.5 Å². The number of rotatable bonds is 4. The van der Waals surface area contributed by atoms with Gasteiger partial charge in [-0.1, -0.05) is 23.7 Å². The van der Waals surface area contributed by atoms with Crippen molar-refractivity contribution in [2.24, 2.45) is 0 Å². The fourth-order valence-electron chi connectivity index (χ4n) is 1.78. The molecule has 1 amide bonds. The molecule has 0 spiro atoms. The Morgan fingerprint density at radius 2 is 2.21 bits per heavy atom. The molecule has 0 radical (unpaired) electrons. The minimum absolute atomic E-state index is 0.0352. The predicted molar refractivity (Wildman–Crippen MR) is 75.7 cm³/mol. The third-order valence-corrected chi connectivity index (χ3v) is 3.69. The molecule has 0 aliphatic heterocycles. The Labute approximate surface area is 115 Å². The number of fused-ring (bicyclic) bond motifs is 1. The number of carbonyl (C=O) groups excluding carboxylic acids is 1. The molecule has 0 fully saturated rings. The van der Waals surface area contributed by atoms with Crippen LogP contribution >= 0.6 is 11.5 Å². The van der Waals surface area contributed by atoms with Gasteiger partial charge in [0.05, 0.1) is 16.6 Å². The first-order chi connectivity index (χ1) is 9.11. The third-order valence-electron chi connectivity index (χ3n) is 2.60. The molecule has 1 aromatic heterocycles. The average Bonchev–Trinajstić information content (AvgIpc) is 2.67. The van der Waals surface area contributed by atoms with Crippen LogP contribution < -0.4 is 10.9 Å². The zero-order valence-electron chi connectivity index (χ0n) is 10.9. The first-order valence-electron chi connectivity index (χ1n) is 6.15.